The van der Waals surface area contributed by atoms with Crippen molar-refractivity contribution >= 4 is 0 Å². The highest BCUT2D eigenvalue weighted by Crippen LogP contribution is 2.23. The first kappa shape index (κ1) is 15.7. The normalized spacial score (nSPS) is 14.6. The predicted octanol–water partition coefficient (Wildman–Crippen LogP) is 1.86. The standard InChI is InChI=1S/C14H18N6/c1-4-5-19-14(3,9-17)6-11(2)20-10-18-12(7-15)13(20)8-16/h10-11,19H,4-6H2,1-3H3. The molecule has 20 heavy (non-hydrogen) atoms. The summed E-state index contributed by atoms with van der Waals surface area (Å²) in [6.07, 6.45) is 2.96. The van der Waals surface area contributed by atoms with E-state index in [2.05, 4.69) is 16.4 Å². The van der Waals surface area contributed by atoms with Crippen molar-refractivity contribution in [2.24, 2.45) is 0 Å². The van der Waals surface area contributed by atoms with Crippen LogP contribution in [0.1, 0.15) is 51.0 Å². The van der Waals surface area contributed by atoms with Gasteiger partial charge < -0.3 is 4.57 Å². The van der Waals surface area contributed by atoms with E-state index in [0.717, 1.165) is 13.0 Å². The summed E-state index contributed by atoms with van der Waals surface area (Å²) in [7, 11) is 0. The average molecular weight is 270 g/mol. The molecule has 0 aliphatic heterocycles. The molecule has 0 aliphatic rings. The lowest BCUT2D eigenvalue weighted by molar-refractivity contribution is 0.347. The van der Waals surface area contributed by atoms with Crippen LogP contribution in [0.15, 0.2) is 6.33 Å². The van der Waals surface area contributed by atoms with Crippen molar-refractivity contribution in [3.05, 3.63) is 17.7 Å². The molecule has 0 bridgehead atoms. The average Bonchev–Trinajstić information content (AvgIpc) is 2.88. The van der Waals surface area contributed by atoms with Crippen LogP contribution < -0.4 is 5.32 Å². The second-order valence-electron chi connectivity index (χ2n) is 5.00. The molecular formula is C14H18N6. The van der Waals surface area contributed by atoms with E-state index in [1.165, 1.54) is 6.33 Å². The van der Waals surface area contributed by atoms with E-state index in [1.807, 2.05) is 32.9 Å². The predicted molar refractivity (Wildman–Crippen MR) is 73.3 cm³/mol. The number of hydrogen-bond acceptors (Lipinski definition) is 5. The number of aromatic nitrogens is 2. The molecule has 1 aromatic heterocycles. The zero-order valence-electron chi connectivity index (χ0n) is 12.0. The van der Waals surface area contributed by atoms with Crippen LogP contribution in [0.5, 0.6) is 0 Å². The van der Waals surface area contributed by atoms with Crippen molar-refractivity contribution in [3.8, 4) is 18.2 Å². The molecule has 2 unspecified atom stereocenters. The molecule has 0 saturated heterocycles. The zero-order chi connectivity index (χ0) is 15.2. The van der Waals surface area contributed by atoms with Gasteiger partial charge in [0.1, 0.15) is 17.7 Å². The van der Waals surface area contributed by atoms with Crippen molar-refractivity contribution < 1.29 is 0 Å². The number of nitriles is 3. The van der Waals surface area contributed by atoms with Gasteiger partial charge in [-0.25, -0.2) is 4.98 Å². The topological polar surface area (TPSA) is 101 Å². The molecule has 104 valence electrons. The smallest absolute Gasteiger partial charge is 0.176 e. The van der Waals surface area contributed by atoms with Crippen LogP contribution in [0.25, 0.3) is 0 Å². The van der Waals surface area contributed by atoms with Gasteiger partial charge in [0.05, 0.1) is 12.4 Å². The van der Waals surface area contributed by atoms with Crippen LogP contribution in [0.2, 0.25) is 0 Å². The summed E-state index contributed by atoms with van der Waals surface area (Å²) in [4.78, 5) is 3.92. The Morgan fingerprint density at radius 3 is 2.60 bits per heavy atom. The highest BCUT2D eigenvalue weighted by atomic mass is 15.1. The van der Waals surface area contributed by atoms with E-state index in [0.29, 0.717) is 6.42 Å². The fourth-order valence-corrected chi connectivity index (χ4v) is 2.14. The number of hydrogen-bond donors (Lipinski definition) is 1. The molecule has 0 radical (unpaired) electrons. The first-order chi connectivity index (χ1) is 9.51. The van der Waals surface area contributed by atoms with Crippen LogP contribution >= 0.6 is 0 Å². The SMILES string of the molecule is CCCNC(C)(C#N)CC(C)n1cnc(C#N)c1C#N. The van der Waals surface area contributed by atoms with E-state index >= 15 is 0 Å². The Labute approximate surface area is 119 Å². The van der Waals surface area contributed by atoms with Crippen molar-refractivity contribution in [3.63, 3.8) is 0 Å². The minimum Gasteiger partial charge on any atom is -0.318 e. The van der Waals surface area contributed by atoms with Gasteiger partial charge in [0, 0.05) is 6.04 Å². The maximum Gasteiger partial charge on any atom is 0.176 e. The molecule has 0 aliphatic carbocycles. The molecule has 0 saturated carbocycles. The quantitative estimate of drug-likeness (QED) is 0.850. The highest BCUT2D eigenvalue weighted by molar-refractivity contribution is 5.36. The third kappa shape index (κ3) is 3.35. The lowest BCUT2D eigenvalue weighted by Crippen LogP contribution is -2.43. The van der Waals surface area contributed by atoms with Gasteiger partial charge >= 0.3 is 0 Å². The lowest BCUT2D eigenvalue weighted by Gasteiger charge is -2.27. The Balaban J connectivity index is 2.94. The number of nitrogens with zero attached hydrogens (tertiary/aromatic N) is 5. The van der Waals surface area contributed by atoms with Gasteiger partial charge in [0.25, 0.3) is 0 Å². The number of nitrogens with one attached hydrogen (secondary N) is 1. The molecular weight excluding hydrogens is 252 g/mol. The molecule has 1 aromatic rings. The van der Waals surface area contributed by atoms with Gasteiger partial charge in [0.15, 0.2) is 11.4 Å². The monoisotopic (exact) mass is 270 g/mol. The van der Waals surface area contributed by atoms with Gasteiger partial charge in [0.2, 0.25) is 0 Å². The van der Waals surface area contributed by atoms with Crippen LogP contribution in [-0.2, 0) is 0 Å². The van der Waals surface area contributed by atoms with E-state index in [1.54, 1.807) is 4.57 Å². The van der Waals surface area contributed by atoms with Crippen LogP contribution in [0.3, 0.4) is 0 Å². The maximum absolute atomic E-state index is 9.33. The molecule has 0 amide bonds. The molecule has 1 rings (SSSR count). The van der Waals surface area contributed by atoms with Crippen molar-refractivity contribution in [1.82, 2.24) is 14.9 Å². The largest absolute Gasteiger partial charge is 0.318 e. The van der Waals surface area contributed by atoms with E-state index < -0.39 is 5.54 Å². The number of rotatable bonds is 6. The van der Waals surface area contributed by atoms with Crippen molar-refractivity contribution in [2.75, 3.05) is 6.54 Å². The van der Waals surface area contributed by atoms with E-state index in [4.69, 9.17) is 10.5 Å². The minimum atomic E-state index is -0.667. The molecule has 6 nitrogen and oxygen atoms in total. The van der Waals surface area contributed by atoms with Gasteiger partial charge in [-0.15, -0.1) is 0 Å². The Kier molecular flexibility index (Phi) is 5.26. The van der Waals surface area contributed by atoms with Crippen LogP contribution in [0, 0.1) is 34.0 Å². The molecule has 0 spiro atoms. The lowest BCUT2D eigenvalue weighted by atomic mass is 9.95. The van der Waals surface area contributed by atoms with E-state index in [9.17, 15) is 5.26 Å². The van der Waals surface area contributed by atoms with Crippen molar-refractivity contribution in [1.29, 1.82) is 15.8 Å². The summed E-state index contributed by atoms with van der Waals surface area (Å²) >= 11 is 0. The third-order valence-corrected chi connectivity index (χ3v) is 3.20. The summed E-state index contributed by atoms with van der Waals surface area (Å²) in [6, 6.07) is 6.07. The van der Waals surface area contributed by atoms with Gasteiger partial charge in [-0.3, -0.25) is 5.32 Å². The maximum atomic E-state index is 9.33. The van der Waals surface area contributed by atoms with Crippen LogP contribution in [-0.4, -0.2) is 21.6 Å². The summed E-state index contributed by atoms with van der Waals surface area (Å²) in [5.41, 5.74) is -0.297. The highest BCUT2D eigenvalue weighted by Gasteiger charge is 2.27. The summed E-state index contributed by atoms with van der Waals surface area (Å²) in [5.74, 6) is 0. The fraction of sp³-hybridized carbons (Fsp3) is 0.571. The first-order valence-corrected chi connectivity index (χ1v) is 6.54. The Hall–Kier alpha value is -2.36. The van der Waals surface area contributed by atoms with Gasteiger partial charge in [-0.2, -0.15) is 15.8 Å². The van der Waals surface area contributed by atoms with Crippen LogP contribution in [0.4, 0.5) is 0 Å². The summed E-state index contributed by atoms with van der Waals surface area (Å²) in [6.45, 7) is 6.55. The Bertz CT molecular complexity index is 582. The Morgan fingerprint density at radius 1 is 1.40 bits per heavy atom. The molecule has 1 N–H and O–H groups in total. The number of imidazole rings is 1. The van der Waals surface area contributed by atoms with Gasteiger partial charge in [-0.05, 0) is 33.2 Å². The Morgan fingerprint density at radius 2 is 2.10 bits per heavy atom. The van der Waals surface area contributed by atoms with E-state index in [-0.39, 0.29) is 17.4 Å². The molecule has 0 aromatic carbocycles. The zero-order valence-corrected chi connectivity index (χ0v) is 12.0. The van der Waals surface area contributed by atoms with Crippen molar-refractivity contribution in [2.45, 2.75) is 45.2 Å². The fourth-order valence-electron chi connectivity index (χ4n) is 2.14. The summed E-state index contributed by atoms with van der Waals surface area (Å²) in [5, 5.41) is 30.6. The first-order valence-electron chi connectivity index (χ1n) is 6.54. The molecule has 0 fully saturated rings. The van der Waals surface area contributed by atoms with Gasteiger partial charge in [-0.1, -0.05) is 6.92 Å². The molecule has 2 atom stereocenters. The second kappa shape index (κ2) is 6.70. The molecule has 6 heteroatoms. The molecule has 1 heterocycles. The second-order valence-corrected chi connectivity index (χ2v) is 5.00. The third-order valence-electron chi connectivity index (χ3n) is 3.20. The summed E-state index contributed by atoms with van der Waals surface area (Å²) < 4.78 is 1.65. The minimum absolute atomic E-state index is 0.103.